The van der Waals surface area contributed by atoms with Crippen molar-refractivity contribution in [1.29, 1.82) is 0 Å². The number of carbonyl (C=O) groups is 2. The van der Waals surface area contributed by atoms with Gasteiger partial charge in [0.2, 0.25) is 5.76 Å². The van der Waals surface area contributed by atoms with Gasteiger partial charge in [-0.1, -0.05) is 48.5 Å². The molecule has 0 aliphatic rings. The molecule has 0 aliphatic carbocycles. The van der Waals surface area contributed by atoms with Gasteiger partial charge in [-0.3, -0.25) is 4.79 Å². The van der Waals surface area contributed by atoms with Crippen LogP contribution in [0.4, 0.5) is 5.69 Å². The van der Waals surface area contributed by atoms with E-state index in [0.29, 0.717) is 22.6 Å². The smallest absolute Gasteiger partial charge is 0.375 e. The molecule has 6 nitrogen and oxygen atoms in total. The van der Waals surface area contributed by atoms with E-state index in [1.54, 1.807) is 12.1 Å². The molecule has 4 rings (SSSR count). The van der Waals surface area contributed by atoms with Crippen molar-refractivity contribution in [3.63, 3.8) is 0 Å². The van der Waals surface area contributed by atoms with Crippen LogP contribution < -0.4 is 10.1 Å². The fraction of sp³-hybridized carbons (Fsp3) is 0.120. The molecule has 0 radical (unpaired) electrons. The average Bonchev–Trinajstić information content (AvgIpc) is 3.15. The van der Waals surface area contributed by atoms with E-state index in [2.05, 4.69) is 5.32 Å². The van der Waals surface area contributed by atoms with Crippen LogP contribution in [-0.2, 0) is 16.1 Å². The molecule has 31 heavy (non-hydrogen) atoms. The Balaban J connectivity index is 1.47. The molecule has 0 aliphatic heterocycles. The SMILES string of the molecule is Cc1cccc(NC(=O)COC(=O)c2oc3ccccc3c2COc2ccccc2)c1. The molecule has 4 aromatic rings. The summed E-state index contributed by atoms with van der Waals surface area (Å²) in [5.41, 5.74) is 2.77. The van der Waals surface area contributed by atoms with Gasteiger partial charge in [0.05, 0.1) is 5.56 Å². The molecular weight excluding hydrogens is 394 g/mol. The van der Waals surface area contributed by atoms with Crippen molar-refractivity contribution in [2.75, 3.05) is 11.9 Å². The molecule has 0 fully saturated rings. The first kappa shape index (κ1) is 20.2. The number of benzene rings is 3. The van der Waals surface area contributed by atoms with Gasteiger partial charge in [0.1, 0.15) is 17.9 Å². The van der Waals surface area contributed by atoms with E-state index in [1.165, 1.54) is 0 Å². The van der Waals surface area contributed by atoms with Crippen molar-refractivity contribution in [2.24, 2.45) is 0 Å². The Morgan fingerprint density at radius 1 is 0.935 bits per heavy atom. The zero-order valence-corrected chi connectivity index (χ0v) is 17.0. The van der Waals surface area contributed by atoms with Gasteiger partial charge in [-0.25, -0.2) is 4.79 Å². The van der Waals surface area contributed by atoms with Gasteiger partial charge in [-0.2, -0.15) is 0 Å². The van der Waals surface area contributed by atoms with Crippen molar-refractivity contribution in [2.45, 2.75) is 13.5 Å². The molecule has 0 saturated heterocycles. The lowest BCUT2D eigenvalue weighted by molar-refractivity contribution is -0.119. The molecule has 6 heteroatoms. The summed E-state index contributed by atoms with van der Waals surface area (Å²) in [4.78, 5) is 24.9. The van der Waals surface area contributed by atoms with Gasteiger partial charge in [-0.15, -0.1) is 0 Å². The first-order valence-electron chi connectivity index (χ1n) is 9.82. The largest absolute Gasteiger partial charge is 0.489 e. The highest BCUT2D eigenvalue weighted by Crippen LogP contribution is 2.28. The molecule has 1 aromatic heterocycles. The Hall–Kier alpha value is -4.06. The Labute approximate surface area is 179 Å². The van der Waals surface area contributed by atoms with E-state index in [-0.39, 0.29) is 12.4 Å². The minimum absolute atomic E-state index is 0.0282. The summed E-state index contributed by atoms with van der Waals surface area (Å²) in [6.45, 7) is 1.63. The number of ether oxygens (including phenoxy) is 2. The van der Waals surface area contributed by atoms with Crippen LogP contribution in [0.1, 0.15) is 21.7 Å². The van der Waals surface area contributed by atoms with E-state index in [1.807, 2.05) is 73.7 Å². The quantitative estimate of drug-likeness (QED) is 0.424. The number of anilines is 1. The number of hydrogen-bond donors (Lipinski definition) is 1. The van der Waals surface area contributed by atoms with E-state index < -0.39 is 18.5 Å². The summed E-state index contributed by atoms with van der Waals surface area (Å²) in [7, 11) is 0. The second-order valence-electron chi connectivity index (χ2n) is 7.00. The number of amides is 1. The summed E-state index contributed by atoms with van der Waals surface area (Å²) < 4.78 is 16.8. The fourth-order valence-corrected chi connectivity index (χ4v) is 3.20. The molecule has 0 spiro atoms. The molecule has 0 unspecified atom stereocenters. The molecule has 156 valence electrons. The lowest BCUT2D eigenvalue weighted by Gasteiger charge is -2.08. The lowest BCUT2D eigenvalue weighted by Crippen LogP contribution is -2.21. The maximum absolute atomic E-state index is 12.7. The van der Waals surface area contributed by atoms with E-state index >= 15 is 0 Å². The van der Waals surface area contributed by atoms with Gasteiger partial charge >= 0.3 is 5.97 Å². The molecule has 1 N–H and O–H groups in total. The Morgan fingerprint density at radius 3 is 2.52 bits per heavy atom. The topological polar surface area (TPSA) is 77.8 Å². The fourth-order valence-electron chi connectivity index (χ4n) is 3.20. The second kappa shape index (κ2) is 9.17. The van der Waals surface area contributed by atoms with Crippen LogP contribution in [0.5, 0.6) is 5.75 Å². The van der Waals surface area contributed by atoms with Crippen LogP contribution in [0.25, 0.3) is 11.0 Å². The number of aryl methyl sites for hydroxylation is 1. The van der Waals surface area contributed by atoms with Crippen LogP contribution in [0.15, 0.2) is 83.3 Å². The number of furan rings is 1. The third kappa shape index (κ3) is 4.93. The number of carbonyl (C=O) groups excluding carboxylic acids is 2. The standard InChI is InChI=1S/C25H21NO5/c1-17-8-7-9-18(14-17)26-23(27)16-30-25(28)24-21(15-29-19-10-3-2-4-11-19)20-12-5-6-13-22(20)31-24/h2-14H,15-16H2,1H3,(H,26,27). The van der Waals surface area contributed by atoms with Gasteiger partial charge in [0.25, 0.3) is 5.91 Å². The second-order valence-corrected chi connectivity index (χ2v) is 7.00. The number of hydrogen-bond acceptors (Lipinski definition) is 5. The highest BCUT2D eigenvalue weighted by Gasteiger charge is 2.23. The lowest BCUT2D eigenvalue weighted by atomic mass is 10.1. The van der Waals surface area contributed by atoms with Crippen molar-refractivity contribution < 1.29 is 23.5 Å². The number of nitrogens with one attached hydrogen (secondary N) is 1. The molecule has 0 atom stereocenters. The van der Waals surface area contributed by atoms with Gasteiger partial charge < -0.3 is 19.2 Å². The van der Waals surface area contributed by atoms with Crippen molar-refractivity contribution in [3.05, 3.63) is 95.7 Å². The predicted octanol–water partition coefficient (Wildman–Crippen LogP) is 5.12. The molecule has 1 amide bonds. The highest BCUT2D eigenvalue weighted by molar-refractivity contribution is 5.98. The monoisotopic (exact) mass is 415 g/mol. The summed E-state index contributed by atoms with van der Waals surface area (Å²) in [5, 5.41) is 3.46. The zero-order valence-electron chi connectivity index (χ0n) is 17.0. The summed E-state index contributed by atoms with van der Waals surface area (Å²) in [5.74, 6) is -0.454. The van der Waals surface area contributed by atoms with Crippen LogP contribution in [0.2, 0.25) is 0 Å². The van der Waals surface area contributed by atoms with Gasteiger partial charge in [0, 0.05) is 11.1 Å². The van der Waals surface area contributed by atoms with Crippen LogP contribution in [0, 0.1) is 6.92 Å². The first-order chi connectivity index (χ1) is 15.1. The summed E-state index contributed by atoms with van der Waals surface area (Å²) in [6, 6.07) is 23.9. The number of fused-ring (bicyclic) bond motifs is 1. The molecule has 3 aromatic carbocycles. The molecular formula is C25H21NO5. The number of esters is 1. The summed E-state index contributed by atoms with van der Waals surface area (Å²) >= 11 is 0. The first-order valence-corrected chi connectivity index (χ1v) is 9.82. The van der Waals surface area contributed by atoms with Crippen molar-refractivity contribution >= 4 is 28.5 Å². The summed E-state index contributed by atoms with van der Waals surface area (Å²) in [6.07, 6.45) is 0. The van der Waals surface area contributed by atoms with E-state index in [9.17, 15) is 9.59 Å². The minimum atomic E-state index is -0.720. The zero-order chi connectivity index (χ0) is 21.6. The van der Waals surface area contributed by atoms with Crippen molar-refractivity contribution in [3.8, 4) is 5.75 Å². The normalized spacial score (nSPS) is 10.6. The Bertz CT molecular complexity index is 1210. The number of rotatable bonds is 7. The van der Waals surface area contributed by atoms with Crippen molar-refractivity contribution in [1.82, 2.24) is 0 Å². The average molecular weight is 415 g/mol. The molecule has 0 bridgehead atoms. The van der Waals surface area contributed by atoms with Crippen LogP contribution >= 0.6 is 0 Å². The highest BCUT2D eigenvalue weighted by atomic mass is 16.5. The van der Waals surface area contributed by atoms with Crippen LogP contribution in [-0.4, -0.2) is 18.5 Å². The van der Waals surface area contributed by atoms with Gasteiger partial charge in [0.15, 0.2) is 6.61 Å². The maximum Gasteiger partial charge on any atom is 0.375 e. The third-order valence-electron chi connectivity index (χ3n) is 4.65. The molecule has 0 saturated carbocycles. The van der Waals surface area contributed by atoms with Gasteiger partial charge in [-0.05, 0) is 42.8 Å². The third-order valence-corrected chi connectivity index (χ3v) is 4.65. The Morgan fingerprint density at radius 2 is 1.71 bits per heavy atom. The van der Waals surface area contributed by atoms with E-state index in [4.69, 9.17) is 13.9 Å². The van der Waals surface area contributed by atoms with Crippen LogP contribution in [0.3, 0.4) is 0 Å². The predicted molar refractivity (Wildman–Crippen MR) is 117 cm³/mol. The molecule has 1 heterocycles. The minimum Gasteiger partial charge on any atom is -0.489 e. The Kier molecular flexibility index (Phi) is 5.98. The maximum atomic E-state index is 12.7. The van der Waals surface area contributed by atoms with E-state index in [0.717, 1.165) is 10.9 Å². The number of para-hydroxylation sites is 2.